The van der Waals surface area contributed by atoms with Gasteiger partial charge in [-0.1, -0.05) is 23.2 Å². The van der Waals surface area contributed by atoms with E-state index in [9.17, 15) is 9.59 Å². The second kappa shape index (κ2) is 5.89. The topological polar surface area (TPSA) is 81.4 Å². The minimum atomic E-state index is -0.655. The molecule has 0 unspecified atom stereocenters. The molecule has 20 heavy (non-hydrogen) atoms. The molecule has 7 heteroatoms. The van der Waals surface area contributed by atoms with Gasteiger partial charge in [0.05, 0.1) is 29.1 Å². The molecule has 2 atom stereocenters. The monoisotopic (exact) mass is 316 g/mol. The molecule has 1 aliphatic carbocycles. The first kappa shape index (κ1) is 14.9. The van der Waals surface area contributed by atoms with Crippen LogP contribution < -0.4 is 11.1 Å². The van der Waals surface area contributed by atoms with Crippen molar-refractivity contribution >= 4 is 35.2 Å². The summed E-state index contributed by atoms with van der Waals surface area (Å²) in [5.41, 5.74) is 6.87. The van der Waals surface area contributed by atoms with E-state index >= 15 is 0 Å². The van der Waals surface area contributed by atoms with E-state index in [0.717, 1.165) is 11.1 Å². The number of benzene rings is 1. The van der Waals surface area contributed by atoms with Crippen molar-refractivity contribution in [2.24, 2.45) is 11.7 Å². The summed E-state index contributed by atoms with van der Waals surface area (Å²) in [6, 6.07) is 2.38. The normalized spacial score (nSPS) is 20.9. The van der Waals surface area contributed by atoms with Crippen LogP contribution in [0, 0.1) is 5.92 Å². The van der Waals surface area contributed by atoms with Gasteiger partial charge in [-0.2, -0.15) is 0 Å². The fraction of sp³-hybridized carbons (Fsp3) is 0.385. The Morgan fingerprint density at radius 2 is 2.00 bits per heavy atom. The Bertz CT molecular complexity index is 563. The van der Waals surface area contributed by atoms with Gasteiger partial charge in [0, 0.05) is 0 Å². The number of ether oxygens (including phenoxy) is 1. The molecule has 0 saturated heterocycles. The van der Waals surface area contributed by atoms with E-state index in [2.05, 4.69) is 5.32 Å². The van der Waals surface area contributed by atoms with Crippen LogP contribution in [0.3, 0.4) is 0 Å². The summed E-state index contributed by atoms with van der Waals surface area (Å²) in [4.78, 5) is 22.8. The van der Waals surface area contributed by atoms with Crippen LogP contribution in [0.4, 0.5) is 4.79 Å². The smallest absolute Gasteiger partial charge is 0.312 e. The second-order valence-corrected chi connectivity index (χ2v) is 5.50. The standard InChI is InChI=1S/C13H14Cl2N2O3/c1-20-12(18)7-2-6-3-9(14)10(15)5-8(6)11(4-7)17-13(16)19/h3,5,7,11H,2,4H2,1H3,(H3,16,17,19)/t7-,11+/m1/s1. The maximum Gasteiger partial charge on any atom is 0.312 e. The zero-order chi connectivity index (χ0) is 14.9. The maximum absolute atomic E-state index is 11.7. The molecule has 5 nitrogen and oxygen atoms in total. The Labute approximate surface area is 126 Å². The molecule has 1 aromatic carbocycles. The number of esters is 1. The molecule has 0 saturated carbocycles. The number of carbonyl (C=O) groups excluding carboxylic acids is 2. The SMILES string of the molecule is COC(=O)[C@@H]1Cc2cc(Cl)c(Cl)cc2[C@@H](NC(N)=O)C1. The first-order chi connectivity index (χ1) is 9.42. The van der Waals surface area contributed by atoms with Crippen molar-refractivity contribution in [2.45, 2.75) is 18.9 Å². The molecule has 2 rings (SSSR count). The van der Waals surface area contributed by atoms with Crippen molar-refractivity contribution in [3.8, 4) is 0 Å². The Kier molecular flexibility index (Phi) is 4.40. The summed E-state index contributed by atoms with van der Waals surface area (Å²) in [6.45, 7) is 0. The van der Waals surface area contributed by atoms with Crippen LogP contribution in [0.5, 0.6) is 0 Å². The van der Waals surface area contributed by atoms with E-state index in [0.29, 0.717) is 22.9 Å². The third-order valence-electron chi connectivity index (χ3n) is 3.40. The summed E-state index contributed by atoms with van der Waals surface area (Å²) >= 11 is 12.0. The highest BCUT2D eigenvalue weighted by Crippen LogP contribution is 2.38. The maximum atomic E-state index is 11.7. The van der Waals surface area contributed by atoms with Gasteiger partial charge in [-0.3, -0.25) is 4.79 Å². The van der Waals surface area contributed by atoms with Crippen molar-refractivity contribution < 1.29 is 14.3 Å². The van der Waals surface area contributed by atoms with Crippen molar-refractivity contribution in [3.63, 3.8) is 0 Å². The highest BCUT2D eigenvalue weighted by atomic mass is 35.5. The lowest BCUT2D eigenvalue weighted by Gasteiger charge is -2.30. The van der Waals surface area contributed by atoms with Gasteiger partial charge < -0.3 is 15.8 Å². The number of hydrogen-bond donors (Lipinski definition) is 2. The molecule has 1 aliphatic rings. The average Bonchev–Trinajstić information content (AvgIpc) is 2.39. The number of amides is 2. The number of halogens is 2. The third-order valence-corrected chi connectivity index (χ3v) is 4.12. The van der Waals surface area contributed by atoms with Crippen molar-refractivity contribution in [1.82, 2.24) is 5.32 Å². The van der Waals surface area contributed by atoms with Crippen LogP contribution in [-0.2, 0) is 16.0 Å². The molecule has 2 amide bonds. The number of nitrogens with one attached hydrogen (secondary N) is 1. The van der Waals surface area contributed by atoms with E-state index in [1.165, 1.54) is 7.11 Å². The zero-order valence-electron chi connectivity index (χ0n) is 10.8. The van der Waals surface area contributed by atoms with Gasteiger partial charge in [0.2, 0.25) is 0 Å². The van der Waals surface area contributed by atoms with E-state index < -0.39 is 6.03 Å². The number of hydrogen-bond acceptors (Lipinski definition) is 3. The summed E-state index contributed by atoms with van der Waals surface area (Å²) < 4.78 is 4.77. The minimum Gasteiger partial charge on any atom is -0.469 e. The highest BCUT2D eigenvalue weighted by molar-refractivity contribution is 6.42. The van der Waals surface area contributed by atoms with Gasteiger partial charge in [0.25, 0.3) is 0 Å². The molecular formula is C13H14Cl2N2O3. The van der Waals surface area contributed by atoms with Gasteiger partial charge in [0.1, 0.15) is 0 Å². The fourth-order valence-corrected chi connectivity index (χ4v) is 2.88. The molecule has 0 spiro atoms. The molecule has 3 N–H and O–H groups in total. The Morgan fingerprint density at radius 3 is 2.60 bits per heavy atom. The number of methoxy groups -OCH3 is 1. The first-order valence-electron chi connectivity index (χ1n) is 6.04. The molecule has 0 aromatic heterocycles. The number of carbonyl (C=O) groups is 2. The molecule has 0 fully saturated rings. The molecule has 0 aliphatic heterocycles. The van der Waals surface area contributed by atoms with E-state index in [-0.39, 0.29) is 17.9 Å². The van der Waals surface area contributed by atoms with Gasteiger partial charge in [-0.15, -0.1) is 0 Å². The zero-order valence-corrected chi connectivity index (χ0v) is 12.3. The molecule has 0 heterocycles. The van der Waals surface area contributed by atoms with E-state index in [1.54, 1.807) is 12.1 Å². The van der Waals surface area contributed by atoms with Gasteiger partial charge in [0.15, 0.2) is 0 Å². The van der Waals surface area contributed by atoms with E-state index in [4.69, 9.17) is 33.7 Å². The quantitative estimate of drug-likeness (QED) is 0.822. The van der Waals surface area contributed by atoms with Crippen LogP contribution in [-0.4, -0.2) is 19.1 Å². The molecule has 0 radical (unpaired) electrons. The Hall–Kier alpha value is -1.46. The lowest BCUT2D eigenvalue weighted by Crippen LogP contribution is -2.38. The van der Waals surface area contributed by atoms with Crippen LogP contribution in [0.1, 0.15) is 23.6 Å². The van der Waals surface area contributed by atoms with E-state index in [1.807, 2.05) is 0 Å². The average molecular weight is 317 g/mol. The van der Waals surface area contributed by atoms with Gasteiger partial charge in [-0.05, 0) is 36.1 Å². The predicted octanol–water partition coefficient (Wildman–Crippen LogP) is 2.44. The van der Waals surface area contributed by atoms with Gasteiger partial charge >= 0.3 is 12.0 Å². The van der Waals surface area contributed by atoms with Crippen molar-refractivity contribution in [1.29, 1.82) is 0 Å². The Balaban J connectivity index is 2.40. The summed E-state index contributed by atoms with van der Waals surface area (Å²) in [6.07, 6.45) is 0.913. The second-order valence-electron chi connectivity index (χ2n) is 4.69. The highest BCUT2D eigenvalue weighted by Gasteiger charge is 2.33. The number of urea groups is 1. The van der Waals surface area contributed by atoms with Crippen LogP contribution in [0.2, 0.25) is 10.0 Å². The fourth-order valence-electron chi connectivity index (χ4n) is 2.52. The molecule has 108 valence electrons. The number of primary amides is 1. The van der Waals surface area contributed by atoms with Crippen LogP contribution in [0.25, 0.3) is 0 Å². The van der Waals surface area contributed by atoms with Crippen molar-refractivity contribution in [3.05, 3.63) is 33.3 Å². The molecular weight excluding hydrogens is 303 g/mol. The summed E-state index contributed by atoms with van der Waals surface area (Å²) in [5, 5.41) is 3.43. The number of fused-ring (bicyclic) bond motifs is 1. The molecule has 0 bridgehead atoms. The Morgan fingerprint density at radius 1 is 1.35 bits per heavy atom. The lowest BCUT2D eigenvalue weighted by atomic mass is 9.80. The van der Waals surface area contributed by atoms with Crippen LogP contribution >= 0.6 is 23.2 Å². The van der Waals surface area contributed by atoms with Crippen molar-refractivity contribution in [2.75, 3.05) is 7.11 Å². The first-order valence-corrected chi connectivity index (χ1v) is 6.79. The number of rotatable bonds is 2. The minimum absolute atomic E-state index is 0.321. The largest absolute Gasteiger partial charge is 0.469 e. The molecule has 1 aromatic rings. The van der Waals surface area contributed by atoms with Crippen LogP contribution in [0.15, 0.2) is 12.1 Å². The third kappa shape index (κ3) is 2.99. The lowest BCUT2D eigenvalue weighted by molar-refractivity contribution is -0.146. The summed E-state index contributed by atoms with van der Waals surface area (Å²) in [7, 11) is 1.34. The predicted molar refractivity (Wildman–Crippen MR) is 75.7 cm³/mol. The van der Waals surface area contributed by atoms with Gasteiger partial charge in [-0.25, -0.2) is 4.79 Å². The number of nitrogens with two attached hydrogens (primary N) is 1. The summed E-state index contributed by atoms with van der Waals surface area (Å²) in [5.74, 6) is -0.667.